The Labute approximate surface area is 343 Å². The Hall–Kier alpha value is -2.99. The number of anilines is 2. The second-order valence-corrected chi connectivity index (χ2v) is 18.0. The largest absolute Gasteiger partial charge is 3.00 e. The molecule has 0 aliphatic carbocycles. The van der Waals surface area contributed by atoms with Crippen molar-refractivity contribution in [3.05, 3.63) is 196 Å². The minimum absolute atomic E-state index is 0. The number of benzene rings is 3. The van der Waals surface area contributed by atoms with E-state index in [0.717, 1.165) is 10.8 Å². The van der Waals surface area contributed by atoms with Gasteiger partial charge in [0.05, 0.1) is 54.8 Å². The van der Waals surface area contributed by atoms with Gasteiger partial charge < -0.3 is 28.2 Å². The van der Waals surface area contributed by atoms with E-state index in [4.69, 9.17) is 18.4 Å². The van der Waals surface area contributed by atoms with E-state index in [1.54, 1.807) is 54.0 Å². The van der Waals surface area contributed by atoms with Gasteiger partial charge in [-0.25, -0.2) is 19.1 Å². The first-order valence-electron chi connectivity index (χ1n) is 15.8. The Morgan fingerprint density at radius 1 is 0.750 bits per heavy atom. The minimum Gasteiger partial charge on any atom is -0.646 e. The van der Waals surface area contributed by atoms with Crippen LogP contribution in [0.2, 0.25) is 0 Å². The molecular formula is C40H43N2O4P3Ru2S+3. The normalized spacial score (nSPS) is 13.1. The van der Waals surface area contributed by atoms with Gasteiger partial charge >= 0.3 is 39.0 Å². The monoisotopic (exact) mass is 944 g/mol. The van der Waals surface area contributed by atoms with Gasteiger partial charge in [-0.1, -0.05) is 80.1 Å². The molecule has 3 aromatic carbocycles. The van der Waals surface area contributed by atoms with E-state index in [0.29, 0.717) is 5.88 Å². The molecule has 1 unspecified atom stereocenters. The van der Waals surface area contributed by atoms with Crippen LogP contribution in [0.15, 0.2) is 168 Å². The van der Waals surface area contributed by atoms with Crippen molar-refractivity contribution in [2.75, 3.05) is 29.8 Å². The topological polar surface area (TPSA) is 47.3 Å². The second-order valence-electron chi connectivity index (χ2n) is 10.6. The van der Waals surface area contributed by atoms with Gasteiger partial charge in [-0.3, -0.25) is 11.3 Å². The number of allylic oxidation sites excluding steroid dienone is 1. The number of para-hydroxylation sites is 1. The molecule has 12 heteroatoms. The summed E-state index contributed by atoms with van der Waals surface area (Å²) >= 11 is 1.63. The average molecular weight is 943 g/mol. The molecular weight excluding hydrogens is 900 g/mol. The van der Waals surface area contributed by atoms with E-state index >= 15 is 0 Å². The minimum atomic E-state index is -0.794. The molecule has 1 radical (unpaired) electrons. The first-order valence-corrected chi connectivity index (χ1v) is 22.8. The first-order chi connectivity index (χ1) is 24.5. The van der Waals surface area contributed by atoms with Gasteiger partial charge in [-0.15, -0.1) is 0 Å². The van der Waals surface area contributed by atoms with Crippen LogP contribution in [0.25, 0.3) is 0 Å². The smallest absolute Gasteiger partial charge is 0.646 e. The Bertz CT molecular complexity index is 1620. The predicted octanol–water partition coefficient (Wildman–Crippen LogP) is 10.4. The zero-order valence-corrected chi connectivity index (χ0v) is 36.4. The molecule has 0 fully saturated rings. The summed E-state index contributed by atoms with van der Waals surface area (Å²) < 4.78 is 20.5. The summed E-state index contributed by atoms with van der Waals surface area (Å²) in [7, 11) is -1.84. The fourth-order valence-corrected chi connectivity index (χ4v) is 9.69. The molecule has 0 saturated heterocycles. The third-order valence-electron chi connectivity index (χ3n) is 6.45. The molecule has 0 N–H and O–H groups in total. The second kappa shape index (κ2) is 26.7. The number of furan rings is 1. The molecule has 0 spiro atoms. The summed E-state index contributed by atoms with van der Waals surface area (Å²) in [4.78, 5) is 3.57. The van der Waals surface area contributed by atoms with E-state index in [9.17, 15) is 0 Å². The first kappa shape index (κ1) is 45.2. The van der Waals surface area contributed by atoms with Crippen molar-refractivity contribution in [3.63, 3.8) is 0 Å². The van der Waals surface area contributed by atoms with Crippen LogP contribution in [0.3, 0.4) is 0 Å². The van der Waals surface area contributed by atoms with E-state index in [2.05, 4.69) is 117 Å². The summed E-state index contributed by atoms with van der Waals surface area (Å²) in [6.07, 6.45) is 10.3. The molecule has 1 atom stereocenters. The molecule has 4 heterocycles. The SMILES string of the molecule is C[PH+](C)C=C[PH+](C)Oc1ccccc1.[CH2-]C=C[PH+](c1ccccc1)c1ccccc1.[Ru+2].[Ru+3].[c-]1ccoc1N1C=CO[CH-]1.[c-]1ccsc1N1C=CO[CH-]1. The van der Waals surface area contributed by atoms with Gasteiger partial charge in [0.2, 0.25) is 8.15 Å². The van der Waals surface area contributed by atoms with Crippen LogP contribution in [0, 0.1) is 32.5 Å². The molecule has 2 aliphatic rings. The van der Waals surface area contributed by atoms with E-state index in [1.165, 1.54) is 17.3 Å². The van der Waals surface area contributed by atoms with Gasteiger partial charge in [-0.2, -0.15) is 23.6 Å². The summed E-state index contributed by atoms with van der Waals surface area (Å²) in [6, 6.07) is 40.8. The van der Waals surface area contributed by atoms with Crippen molar-refractivity contribution in [3.8, 4) is 5.75 Å². The van der Waals surface area contributed by atoms with Gasteiger partial charge in [0.25, 0.3) is 0 Å². The standard InChI is InChI=1S/C15H14P.C11H16OP2.C7H5NO2.C7H5NOS.2Ru/c1-2-13-16(14-9-5-3-6-10-14)15-11-7-4-8-12-15;1-13(2)9-10-14(3)12-11-7-5-4-6-8-11;1-2-7(10-4-1)8-3-5-9-6-8;1-2-7(10-5-1)8-3-4-9-6-8;;/h2-13H,1H2;4-10H,1-3H3;2*1,3-6H;;/q-1;;2*-2;+2;+3/p+3. The molecule has 5 aromatic rings. The molecule has 0 amide bonds. The number of hydrogen-bond acceptors (Lipinski definition) is 7. The third-order valence-corrected chi connectivity index (χ3v) is 12.1. The summed E-state index contributed by atoms with van der Waals surface area (Å²) in [5.74, 6) is 8.40. The van der Waals surface area contributed by atoms with Gasteiger partial charge in [0, 0.05) is 28.2 Å². The fourth-order valence-electron chi connectivity index (χ4n) is 4.16. The average Bonchev–Trinajstić information content (AvgIpc) is 4.00. The van der Waals surface area contributed by atoms with Gasteiger partial charge in [0.1, 0.15) is 5.82 Å². The van der Waals surface area contributed by atoms with Crippen molar-refractivity contribution in [2.45, 2.75) is 0 Å². The van der Waals surface area contributed by atoms with Crippen molar-refractivity contribution >= 4 is 56.8 Å². The maximum atomic E-state index is 5.80. The van der Waals surface area contributed by atoms with Crippen LogP contribution in [-0.4, -0.2) is 20.0 Å². The molecule has 0 bridgehead atoms. The molecule has 2 aliphatic heterocycles. The molecule has 271 valence electrons. The number of ether oxygens (including phenoxy) is 2. The number of thiophene rings is 1. The van der Waals surface area contributed by atoms with Crippen LogP contribution in [0.4, 0.5) is 10.9 Å². The van der Waals surface area contributed by atoms with Gasteiger partial charge in [0.15, 0.2) is 5.75 Å². The van der Waals surface area contributed by atoms with Crippen LogP contribution in [0.5, 0.6) is 5.75 Å². The van der Waals surface area contributed by atoms with Crippen LogP contribution >= 0.6 is 35.3 Å². The number of rotatable bonds is 9. The maximum Gasteiger partial charge on any atom is 3.00 e. The quantitative estimate of drug-likeness (QED) is 0.0834. The van der Waals surface area contributed by atoms with Crippen molar-refractivity contribution in [2.24, 2.45) is 0 Å². The van der Waals surface area contributed by atoms with E-state index in [1.807, 2.05) is 59.0 Å². The maximum absolute atomic E-state index is 5.80. The number of nitrogens with zero attached hydrogens (tertiary/aromatic N) is 2. The fraction of sp³-hybridized carbons (Fsp3) is 0.0750. The number of hydrogen-bond donors (Lipinski definition) is 0. The Morgan fingerprint density at radius 2 is 1.33 bits per heavy atom. The zero-order valence-electron chi connectivity index (χ0n) is 29.1. The Kier molecular flexibility index (Phi) is 23.2. The van der Waals surface area contributed by atoms with Crippen molar-refractivity contribution < 1.29 is 57.4 Å². The van der Waals surface area contributed by atoms with E-state index < -0.39 is 16.1 Å². The molecule has 0 saturated carbocycles. The van der Waals surface area contributed by atoms with Gasteiger partial charge in [-0.05, 0) is 41.4 Å². The zero-order chi connectivity index (χ0) is 35.2. The molecule has 6 nitrogen and oxygen atoms in total. The molecule has 2 aromatic heterocycles. The Balaban J connectivity index is 0.000000241. The van der Waals surface area contributed by atoms with Crippen LogP contribution in [0.1, 0.15) is 0 Å². The van der Waals surface area contributed by atoms with Crippen molar-refractivity contribution in [1.29, 1.82) is 0 Å². The van der Waals surface area contributed by atoms with Crippen LogP contribution < -0.4 is 24.9 Å². The summed E-state index contributed by atoms with van der Waals surface area (Å²) in [6.45, 7) is 13.7. The van der Waals surface area contributed by atoms with E-state index in [-0.39, 0.29) is 46.9 Å². The molecule has 52 heavy (non-hydrogen) atoms. The van der Waals surface area contributed by atoms with Crippen LogP contribution in [-0.2, 0) is 48.4 Å². The predicted molar refractivity (Wildman–Crippen MR) is 220 cm³/mol. The Morgan fingerprint density at radius 3 is 1.79 bits per heavy atom. The molecule has 7 rings (SSSR count). The summed E-state index contributed by atoms with van der Waals surface area (Å²) in [5.41, 5.74) is 0. The third kappa shape index (κ3) is 16.8. The summed E-state index contributed by atoms with van der Waals surface area (Å²) in [5, 5.41) is 5.83. The van der Waals surface area contributed by atoms with Crippen molar-refractivity contribution in [1.82, 2.24) is 0 Å².